The van der Waals surface area contributed by atoms with Gasteiger partial charge in [-0.25, -0.2) is 4.98 Å². The summed E-state index contributed by atoms with van der Waals surface area (Å²) >= 11 is 1.47. The first-order valence-electron chi connectivity index (χ1n) is 12.5. The van der Waals surface area contributed by atoms with Gasteiger partial charge in [-0.3, -0.25) is 9.59 Å². The maximum Gasteiger partial charge on any atom is 0.242 e. The highest BCUT2D eigenvalue weighted by Crippen LogP contribution is 2.37. The van der Waals surface area contributed by atoms with Gasteiger partial charge in [0.25, 0.3) is 0 Å². The molecule has 1 aliphatic carbocycles. The van der Waals surface area contributed by atoms with Crippen molar-refractivity contribution in [3.8, 4) is 11.5 Å². The highest BCUT2D eigenvalue weighted by molar-refractivity contribution is 8.00. The van der Waals surface area contributed by atoms with E-state index in [9.17, 15) is 9.59 Å². The number of anilines is 2. The van der Waals surface area contributed by atoms with E-state index in [0.717, 1.165) is 45.7 Å². The van der Waals surface area contributed by atoms with Crippen LogP contribution in [-0.2, 0) is 9.59 Å². The molecule has 1 aliphatic rings. The minimum atomic E-state index is -0.458. The van der Waals surface area contributed by atoms with Crippen molar-refractivity contribution in [3.63, 3.8) is 0 Å². The van der Waals surface area contributed by atoms with Crippen LogP contribution in [0.25, 0.3) is 22.6 Å². The lowest BCUT2D eigenvalue weighted by atomic mass is 10.1. The third-order valence-electron chi connectivity index (χ3n) is 6.36. The number of hydrogen-bond donors (Lipinski definition) is 2. The number of amides is 2. The molecule has 1 saturated carbocycles. The first-order chi connectivity index (χ1) is 18.6. The summed E-state index contributed by atoms with van der Waals surface area (Å²) in [5.41, 5.74) is 4.74. The molecule has 5 aromatic rings. The second-order valence-electron chi connectivity index (χ2n) is 9.25. The number of para-hydroxylation sites is 2. The van der Waals surface area contributed by atoms with E-state index in [0.29, 0.717) is 11.6 Å². The van der Waals surface area contributed by atoms with Gasteiger partial charge in [0.1, 0.15) is 10.8 Å². The van der Waals surface area contributed by atoms with Crippen LogP contribution in [0.5, 0.6) is 0 Å². The van der Waals surface area contributed by atoms with Crippen LogP contribution in [0.4, 0.5) is 11.4 Å². The normalized spacial score (nSPS) is 13.7. The summed E-state index contributed by atoms with van der Waals surface area (Å²) in [5, 5.41) is 5.55. The van der Waals surface area contributed by atoms with Crippen molar-refractivity contribution in [1.82, 2.24) is 4.98 Å². The quantitative estimate of drug-likeness (QED) is 0.210. The molecule has 188 valence electrons. The number of nitrogens with one attached hydrogen (secondary N) is 2. The van der Waals surface area contributed by atoms with Gasteiger partial charge in [0.05, 0.1) is 0 Å². The predicted octanol–water partition coefficient (Wildman–Crippen LogP) is 7.32. The van der Waals surface area contributed by atoms with Gasteiger partial charge in [0, 0.05) is 27.8 Å². The highest BCUT2D eigenvalue weighted by atomic mass is 32.2. The Hall–Kier alpha value is -4.36. The zero-order valence-corrected chi connectivity index (χ0v) is 21.3. The first-order valence-corrected chi connectivity index (χ1v) is 13.4. The molecule has 4 aromatic carbocycles. The lowest BCUT2D eigenvalue weighted by Gasteiger charge is -2.17. The number of benzene rings is 4. The van der Waals surface area contributed by atoms with Gasteiger partial charge in [-0.15, -0.1) is 11.8 Å². The van der Waals surface area contributed by atoms with Gasteiger partial charge in [-0.1, -0.05) is 42.5 Å². The molecule has 2 N–H and O–H groups in total. The molecule has 38 heavy (non-hydrogen) atoms. The number of carbonyl (C=O) groups excluding carboxylic acids is 2. The minimum Gasteiger partial charge on any atom is -0.436 e. The Morgan fingerprint density at radius 2 is 1.45 bits per heavy atom. The van der Waals surface area contributed by atoms with Crippen LogP contribution in [0, 0.1) is 5.92 Å². The van der Waals surface area contributed by atoms with Crippen LogP contribution in [0.15, 0.2) is 112 Å². The van der Waals surface area contributed by atoms with E-state index in [1.807, 2.05) is 103 Å². The summed E-state index contributed by atoms with van der Waals surface area (Å²) in [6.07, 6.45) is 1.93. The van der Waals surface area contributed by atoms with Crippen LogP contribution in [0.2, 0.25) is 0 Å². The molecular weight excluding hydrogens is 494 g/mol. The van der Waals surface area contributed by atoms with Crippen LogP contribution >= 0.6 is 11.8 Å². The lowest BCUT2D eigenvalue weighted by molar-refractivity contribution is -0.117. The van der Waals surface area contributed by atoms with E-state index in [2.05, 4.69) is 15.6 Å². The van der Waals surface area contributed by atoms with Crippen molar-refractivity contribution in [3.05, 3.63) is 109 Å². The topological polar surface area (TPSA) is 84.2 Å². The van der Waals surface area contributed by atoms with E-state index in [-0.39, 0.29) is 17.7 Å². The Bertz CT molecular complexity index is 1540. The van der Waals surface area contributed by atoms with Gasteiger partial charge in [0.15, 0.2) is 5.58 Å². The molecule has 1 atom stereocenters. The molecule has 1 aromatic heterocycles. The maximum atomic E-state index is 13.5. The second-order valence-corrected chi connectivity index (χ2v) is 10.4. The molecule has 0 spiro atoms. The van der Waals surface area contributed by atoms with E-state index in [1.165, 1.54) is 11.8 Å². The SMILES string of the molecule is O=C(Nc1ccc(SC(C(=O)Nc2ccc(-c3nc4ccccc4o3)cc2)c2ccccc2)cc1)C1CC1. The van der Waals surface area contributed by atoms with E-state index < -0.39 is 5.25 Å². The summed E-state index contributed by atoms with van der Waals surface area (Å²) in [6, 6.07) is 32.5. The van der Waals surface area contributed by atoms with E-state index in [1.54, 1.807) is 0 Å². The number of carbonyl (C=O) groups is 2. The summed E-state index contributed by atoms with van der Waals surface area (Å²) in [4.78, 5) is 31.0. The fourth-order valence-electron chi connectivity index (χ4n) is 4.14. The molecule has 1 fully saturated rings. The number of rotatable bonds is 8. The van der Waals surface area contributed by atoms with Gasteiger partial charge < -0.3 is 15.1 Å². The second kappa shape index (κ2) is 10.6. The number of hydrogen-bond acceptors (Lipinski definition) is 5. The Morgan fingerprint density at radius 1 is 0.789 bits per heavy atom. The zero-order chi connectivity index (χ0) is 25.9. The summed E-state index contributed by atoms with van der Waals surface area (Å²) in [5.74, 6) is 0.647. The van der Waals surface area contributed by atoms with Crippen molar-refractivity contribution >= 4 is 46.1 Å². The number of fused-ring (bicyclic) bond motifs is 1. The average molecular weight is 520 g/mol. The molecule has 0 saturated heterocycles. The monoisotopic (exact) mass is 519 g/mol. The van der Waals surface area contributed by atoms with Crippen molar-refractivity contribution in [1.29, 1.82) is 0 Å². The fourth-order valence-corrected chi connectivity index (χ4v) is 5.17. The van der Waals surface area contributed by atoms with Crippen LogP contribution in [0.1, 0.15) is 23.7 Å². The summed E-state index contributed by atoms with van der Waals surface area (Å²) in [6.45, 7) is 0. The molecule has 0 bridgehead atoms. The molecule has 2 amide bonds. The average Bonchev–Trinajstić information content (AvgIpc) is 3.72. The van der Waals surface area contributed by atoms with Gasteiger partial charge in [-0.05, 0) is 79.1 Å². The zero-order valence-electron chi connectivity index (χ0n) is 20.5. The molecule has 7 heteroatoms. The molecule has 1 heterocycles. The standard InChI is InChI=1S/C31H25N3O3S/c35-29(21-10-11-21)32-24-16-18-25(19-17-24)38-28(20-6-2-1-3-7-20)30(36)33-23-14-12-22(13-15-23)31-34-26-8-4-5-9-27(26)37-31/h1-9,12-19,21,28H,10-11H2,(H,32,35)(H,33,36). The maximum absolute atomic E-state index is 13.5. The minimum absolute atomic E-state index is 0.0778. The van der Waals surface area contributed by atoms with E-state index in [4.69, 9.17) is 4.42 Å². The third-order valence-corrected chi connectivity index (χ3v) is 7.62. The molecule has 0 aliphatic heterocycles. The Balaban J connectivity index is 1.17. The summed E-state index contributed by atoms with van der Waals surface area (Å²) < 4.78 is 5.86. The highest BCUT2D eigenvalue weighted by Gasteiger charge is 2.29. The Labute approximate surface area is 224 Å². The fraction of sp³-hybridized carbons (Fsp3) is 0.129. The van der Waals surface area contributed by atoms with E-state index >= 15 is 0 Å². The third kappa shape index (κ3) is 5.48. The van der Waals surface area contributed by atoms with Crippen LogP contribution < -0.4 is 10.6 Å². The Morgan fingerprint density at radius 3 is 2.16 bits per heavy atom. The lowest BCUT2D eigenvalue weighted by Crippen LogP contribution is -2.19. The molecule has 6 nitrogen and oxygen atoms in total. The molecule has 1 unspecified atom stereocenters. The number of nitrogens with zero attached hydrogens (tertiary/aromatic N) is 1. The van der Waals surface area contributed by atoms with Crippen molar-refractivity contribution in [2.24, 2.45) is 5.92 Å². The molecule has 0 radical (unpaired) electrons. The smallest absolute Gasteiger partial charge is 0.242 e. The van der Waals surface area contributed by atoms with Gasteiger partial charge in [0.2, 0.25) is 17.7 Å². The first kappa shape index (κ1) is 24.0. The predicted molar refractivity (Wildman–Crippen MR) is 151 cm³/mol. The van der Waals surface area contributed by atoms with Crippen LogP contribution in [0.3, 0.4) is 0 Å². The van der Waals surface area contributed by atoms with Crippen molar-refractivity contribution < 1.29 is 14.0 Å². The number of aromatic nitrogens is 1. The van der Waals surface area contributed by atoms with Gasteiger partial charge >= 0.3 is 0 Å². The summed E-state index contributed by atoms with van der Waals surface area (Å²) in [7, 11) is 0. The van der Waals surface area contributed by atoms with Crippen molar-refractivity contribution in [2.75, 3.05) is 10.6 Å². The molecule has 6 rings (SSSR count). The Kier molecular flexibility index (Phi) is 6.67. The van der Waals surface area contributed by atoms with Crippen LogP contribution in [-0.4, -0.2) is 16.8 Å². The largest absolute Gasteiger partial charge is 0.436 e. The van der Waals surface area contributed by atoms with Gasteiger partial charge in [-0.2, -0.15) is 0 Å². The number of oxazole rings is 1. The molecular formula is C31H25N3O3S. The number of thioether (sulfide) groups is 1. The van der Waals surface area contributed by atoms with Crippen molar-refractivity contribution in [2.45, 2.75) is 23.0 Å².